The van der Waals surface area contributed by atoms with E-state index in [0.29, 0.717) is 5.41 Å². The molecule has 0 aliphatic carbocycles. The predicted octanol–water partition coefficient (Wildman–Crippen LogP) is 2.65. The zero-order chi connectivity index (χ0) is 13.7. The molecule has 4 nitrogen and oxygen atoms in total. The number of nitrogens with one attached hydrogen (secondary N) is 1. The minimum atomic E-state index is 0. The van der Waals surface area contributed by atoms with Gasteiger partial charge in [0.25, 0.3) is 0 Å². The third kappa shape index (κ3) is 5.24. The van der Waals surface area contributed by atoms with E-state index in [9.17, 15) is 0 Å². The highest BCUT2D eigenvalue weighted by molar-refractivity contribution is 14.0. The van der Waals surface area contributed by atoms with Crippen LogP contribution in [-0.4, -0.2) is 50.8 Å². The monoisotopic (exact) mass is 393 g/mol. The van der Waals surface area contributed by atoms with Gasteiger partial charge in [-0.25, -0.2) is 0 Å². The predicted molar refractivity (Wildman–Crippen MR) is 94.9 cm³/mol. The van der Waals surface area contributed by atoms with Crippen LogP contribution >= 0.6 is 24.0 Å². The van der Waals surface area contributed by atoms with Crippen LogP contribution in [0, 0.1) is 5.41 Å². The van der Waals surface area contributed by atoms with Crippen LogP contribution in [0.15, 0.2) is 16.6 Å². The van der Waals surface area contributed by atoms with E-state index in [0.717, 1.165) is 51.6 Å². The topological polar surface area (TPSA) is 36.9 Å². The fraction of sp³-hybridized carbons (Fsp3) is 0.800. The Morgan fingerprint density at radius 1 is 1.50 bits per heavy atom. The van der Waals surface area contributed by atoms with E-state index < -0.39 is 0 Å². The Hall–Kier alpha value is -0.300. The molecule has 1 fully saturated rings. The fourth-order valence-corrected chi connectivity index (χ4v) is 2.75. The molecule has 2 aliphatic heterocycles. The number of nitrogens with zero attached hydrogens (tertiary/aromatic N) is 2. The lowest BCUT2D eigenvalue weighted by molar-refractivity contribution is 0.153. The first-order chi connectivity index (χ1) is 9.11. The molecule has 1 saturated heterocycles. The zero-order valence-corrected chi connectivity index (χ0v) is 15.3. The largest absolute Gasteiger partial charge is 0.377 e. The van der Waals surface area contributed by atoms with Crippen molar-refractivity contribution in [3.8, 4) is 0 Å². The van der Waals surface area contributed by atoms with Crippen LogP contribution in [0.3, 0.4) is 0 Å². The Balaban J connectivity index is 0.00000200. The van der Waals surface area contributed by atoms with Crippen molar-refractivity contribution in [2.24, 2.45) is 10.4 Å². The van der Waals surface area contributed by atoms with E-state index in [1.807, 2.05) is 7.05 Å². The van der Waals surface area contributed by atoms with Crippen molar-refractivity contribution in [3.63, 3.8) is 0 Å². The fourth-order valence-electron chi connectivity index (χ4n) is 2.75. The first-order valence-corrected chi connectivity index (χ1v) is 7.32. The lowest BCUT2D eigenvalue weighted by Crippen LogP contribution is -2.41. The van der Waals surface area contributed by atoms with Crippen molar-refractivity contribution in [1.82, 2.24) is 10.2 Å². The summed E-state index contributed by atoms with van der Waals surface area (Å²) >= 11 is 0. The minimum Gasteiger partial charge on any atom is -0.377 e. The maximum atomic E-state index is 5.32. The molecule has 0 unspecified atom stereocenters. The van der Waals surface area contributed by atoms with Crippen molar-refractivity contribution < 1.29 is 4.74 Å². The van der Waals surface area contributed by atoms with Gasteiger partial charge in [0.1, 0.15) is 0 Å². The van der Waals surface area contributed by atoms with E-state index >= 15 is 0 Å². The third-order valence-corrected chi connectivity index (χ3v) is 3.98. The average Bonchev–Trinajstić information content (AvgIpc) is 2.76. The van der Waals surface area contributed by atoms with Crippen LogP contribution < -0.4 is 5.32 Å². The maximum absolute atomic E-state index is 5.32. The summed E-state index contributed by atoms with van der Waals surface area (Å²) in [4.78, 5) is 6.78. The van der Waals surface area contributed by atoms with Gasteiger partial charge in [-0.1, -0.05) is 25.5 Å². The van der Waals surface area contributed by atoms with E-state index in [-0.39, 0.29) is 24.0 Å². The van der Waals surface area contributed by atoms with Crippen LogP contribution in [-0.2, 0) is 4.74 Å². The summed E-state index contributed by atoms with van der Waals surface area (Å²) in [5.41, 5.74) is 1.93. The van der Waals surface area contributed by atoms with Crippen LogP contribution in [0.1, 0.15) is 33.1 Å². The number of rotatable bonds is 3. The van der Waals surface area contributed by atoms with Gasteiger partial charge in [-0.3, -0.25) is 4.99 Å². The molecule has 0 aromatic carbocycles. The van der Waals surface area contributed by atoms with Gasteiger partial charge in [0.2, 0.25) is 0 Å². The molecule has 0 radical (unpaired) electrons. The number of aliphatic imine (C=N–C) groups is 1. The molecule has 2 rings (SSSR count). The van der Waals surface area contributed by atoms with Crippen molar-refractivity contribution >= 4 is 29.9 Å². The summed E-state index contributed by atoms with van der Waals surface area (Å²) in [6.07, 6.45) is 5.64. The molecule has 0 bridgehead atoms. The lowest BCUT2D eigenvalue weighted by atomic mass is 9.93. The number of likely N-dealkylation sites (tertiary alicyclic amines) is 1. The van der Waals surface area contributed by atoms with Crippen LogP contribution in [0.2, 0.25) is 0 Å². The second-order valence-corrected chi connectivity index (χ2v) is 6.25. The molecule has 0 spiro atoms. The normalized spacial score (nSPS) is 22.2. The van der Waals surface area contributed by atoms with Crippen molar-refractivity contribution in [2.75, 3.05) is 39.9 Å². The van der Waals surface area contributed by atoms with Gasteiger partial charge >= 0.3 is 0 Å². The number of guanidine groups is 1. The smallest absolute Gasteiger partial charge is 0.193 e. The van der Waals surface area contributed by atoms with Gasteiger partial charge in [-0.15, -0.1) is 24.0 Å². The number of halogens is 1. The van der Waals surface area contributed by atoms with Crippen molar-refractivity contribution in [3.05, 3.63) is 11.6 Å². The number of hydrogen-bond acceptors (Lipinski definition) is 2. The Labute approximate surface area is 140 Å². The highest BCUT2D eigenvalue weighted by atomic mass is 127. The molecule has 20 heavy (non-hydrogen) atoms. The molecule has 2 aliphatic rings. The molecule has 0 aromatic heterocycles. The highest BCUT2D eigenvalue weighted by Crippen LogP contribution is 2.28. The van der Waals surface area contributed by atoms with E-state index in [1.165, 1.54) is 12.0 Å². The summed E-state index contributed by atoms with van der Waals surface area (Å²) in [6.45, 7) is 9.49. The summed E-state index contributed by atoms with van der Waals surface area (Å²) in [5.74, 6) is 1.05. The molecule has 0 amide bonds. The molecular formula is C15H28IN3O. The Morgan fingerprint density at radius 2 is 2.30 bits per heavy atom. The summed E-state index contributed by atoms with van der Waals surface area (Å²) in [7, 11) is 1.88. The molecular weight excluding hydrogens is 365 g/mol. The minimum absolute atomic E-state index is 0. The van der Waals surface area contributed by atoms with Crippen LogP contribution in [0.5, 0.6) is 0 Å². The molecule has 1 N–H and O–H groups in total. The second-order valence-electron chi connectivity index (χ2n) is 6.25. The Morgan fingerprint density at radius 3 is 2.85 bits per heavy atom. The molecule has 116 valence electrons. The molecule has 0 saturated carbocycles. The first kappa shape index (κ1) is 17.8. The highest BCUT2D eigenvalue weighted by Gasteiger charge is 2.30. The van der Waals surface area contributed by atoms with Crippen molar-refractivity contribution in [2.45, 2.75) is 33.1 Å². The maximum Gasteiger partial charge on any atom is 0.193 e. The number of ether oxygens (including phenoxy) is 1. The Kier molecular flexibility index (Phi) is 7.29. The van der Waals surface area contributed by atoms with E-state index in [1.54, 1.807) is 0 Å². The van der Waals surface area contributed by atoms with Gasteiger partial charge in [-0.05, 0) is 24.7 Å². The van der Waals surface area contributed by atoms with Crippen LogP contribution in [0.4, 0.5) is 0 Å². The molecule has 0 aromatic rings. The molecule has 5 heteroatoms. The third-order valence-electron chi connectivity index (χ3n) is 3.98. The zero-order valence-electron chi connectivity index (χ0n) is 12.9. The van der Waals surface area contributed by atoms with Crippen LogP contribution in [0.25, 0.3) is 0 Å². The van der Waals surface area contributed by atoms with E-state index in [2.05, 4.69) is 35.1 Å². The summed E-state index contributed by atoms with van der Waals surface area (Å²) in [6, 6.07) is 0. The first-order valence-electron chi connectivity index (χ1n) is 7.32. The van der Waals surface area contributed by atoms with Crippen molar-refractivity contribution in [1.29, 1.82) is 0 Å². The summed E-state index contributed by atoms with van der Waals surface area (Å²) < 4.78 is 5.32. The van der Waals surface area contributed by atoms with Gasteiger partial charge in [0.05, 0.1) is 13.2 Å². The standard InChI is InChI=1S/C15H27N3O.HI/c1-15(2)7-9-18(12-15)14(16-3)17-8-4-13-5-10-19-11-6-13;/h5H,4,6-12H2,1-3H3,(H,16,17);1H. The molecule has 0 atom stereocenters. The second kappa shape index (κ2) is 8.22. The van der Waals surface area contributed by atoms with Gasteiger partial charge < -0.3 is 15.0 Å². The molecule has 2 heterocycles. The average molecular weight is 393 g/mol. The van der Waals surface area contributed by atoms with E-state index in [4.69, 9.17) is 4.74 Å². The van der Waals surface area contributed by atoms with Gasteiger partial charge in [-0.2, -0.15) is 0 Å². The number of hydrogen-bond donors (Lipinski definition) is 1. The van der Waals surface area contributed by atoms with Gasteiger partial charge in [0.15, 0.2) is 5.96 Å². The lowest BCUT2D eigenvalue weighted by Gasteiger charge is -2.24. The Bertz CT molecular complexity index is 366. The SMILES string of the molecule is CN=C(NCCC1=CCOCC1)N1CCC(C)(C)C1.I. The van der Waals surface area contributed by atoms with Gasteiger partial charge in [0, 0.05) is 26.7 Å². The summed E-state index contributed by atoms with van der Waals surface area (Å²) in [5, 5.41) is 3.49. The quantitative estimate of drug-likeness (QED) is 0.347.